The van der Waals surface area contributed by atoms with Crippen LogP contribution in [0.25, 0.3) is 16.7 Å². The summed E-state index contributed by atoms with van der Waals surface area (Å²) in [4.78, 5) is 10.6. The lowest BCUT2D eigenvalue weighted by atomic mass is 9.85. The summed E-state index contributed by atoms with van der Waals surface area (Å²) in [7, 11) is 1.63. The van der Waals surface area contributed by atoms with Crippen LogP contribution in [0.1, 0.15) is 50.8 Å². The van der Waals surface area contributed by atoms with Crippen molar-refractivity contribution in [2.45, 2.75) is 53.2 Å². The van der Waals surface area contributed by atoms with E-state index in [2.05, 4.69) is 44.3 Å². The molecule has 6 heteroatoms. The molecule has 0 aliphatic carbocycles. The number of anilines is 1. The van der Waals surface area contributed by atoms with Gasteiger partial charge in [-0.1, -0.05) is 25.1 Å². The summed E-state index contributed by atoms with van der Waals surface area (Å²) < 4.78 is 25.9. The number of allylic oxidation sites excluding steroid dienone is 1. The maximum atomic E-state index is 13.9. The Morgan fingerprint density at radius 2 is 1.72 bits per heavy atom. The Labute approximate surface area is 212 Å². The molecule has 0 fully saturated rings. The summed E-state index contributed by atoms with van der Waals surface area (Å²) in [5.74, 6) is 1.41. The van der Waals surface area contributed by atoms with Gasteiger partial charge in [-0.15, -0.1) is 0 Å². The topological polar surface area (TPSA) is 49.0 Å². The largest absolute Gasteiger partial charge is 0.496 e. The van der Waals surface area contributed by atoms with Gasteiger partial charge in [-0.05, 0) is 75.1 Å². The van der Waals surface area contributed by atoms with Gasteiger partial charge in [-0.25, -0.2) is 4.39 Å². The molecule has 0 unspecified atom stereocenters. The number of hydrogen-bond donors (Lipinski definition) is 1. The van der Waals surface area contributed by atoms with Crippen LogP contribution in [0.15, 0.2) is 54.6 Å². The number of benzene rings is 3. The van der Waals surface area contributed by atoms with E-state index in [4.69, 9.17) is 19.2 Å². The van der Waals surface area contributed by atoms with Crippen molar-refractivity contribution >= 4 is 11.3 Å². The first kappa shape index (κ1) is 25.6. The fourth-order valence-electron chi connectivity index (χ4n) is 4.62. The number of ether oxygens (including phenoxy) is 2. The predicted molar refractivity (Wildman–Crippen MR) is 142 cm³/mol. The summed E-state index contributed by atoms with van der Waals surface area (Å²) >= 11 is 0. The molecule has 0 saturated heterocycles. The molecule has 1 heterocycles. The van der Waals surface area contributed by atoms with Crippen LogP contribution in [0.5, 0.6) is 17.2 Å². The minimum Gasteiger partial charge on any atom is -0.496 e. The smallest absolute Gasteiger partial charge is 0.169 e. The van der Waals surface area contributed by atoms with Gasteiger partial charge in [0.25, 0.3) is 0 Å². The van der Waals surface area contributed by atoms with Gasteiger partial charge in [-0.3, -0.25) is 0 Å². The van der Waals surface area contributed by atoms with E-state index < -0.39 is 0 Å². The van der Waals surface area contributed by atoms with E-state index in [1.54, 1.807) is 13.2 Å². The molecule has 190 valence electrons. The van der Waals surface area contributed by atoms with E-state index in [9.17, 15) is 4.39 Å². The second-order valence-corrected chi connectivity index (χ2v) is 9.65. The fourth-order valence-corrected chi connectivity index (χ4v) is 4.62. The summed E-state index contributed by atoms with van der Waals surface area (Å²) in [6.07, 6.45) is 3.07. The van der Waals surface area contributed by atoms with Crippen molar-refractivity contribution in [2.75, 3.05) is 19.0 Å². The zero-order chi connectivity index (χ0) is 25.9. The maximum Gasteiger partial charge on any atom is 0.169 e. The number of aryl methyl sites for hydroxylation is 1. The third-order valence-corrected chi connectivity index (χ3v) is 6.17. The number of nitrogens with one attached hydrogen (secondary N) is 1. The Hall–Kier alpha value is -3.51. The molecule has 1 aliphatic heterocycles. The summed E-state index contributed by atoms with van der Waals surface area (Å²) in [5, 5.41) is 3.61. The van der Waals surface area contributed by atoms with E-state index in [1.807, 2.05) is 32.0 Å². The van der Waals surface area contributed by atoms with Crippen LogP contribution in [0.4, 0.5) is 10.1 Å². The quantitative estimate of drug-likeness (QED) is 0.189. The molecule has 3 aromatic rings. The van der Waals surface area contributed by atoms with Crippen molar-refractivity contribution in [3.05, 3.63) is 77.1 Å². The van der Waals surface area contributed by atoms with E-state index >= 15 is 0 Å². The lowest BCUT2D eigenvalue weighted by Gasteiger charge is -2.33. The number of methoxy groups -OCH3 is 1. The van der Waals surface area contributed by atoms with Crippen LogP contribution >= 0.6 is 0 Å². The summed E-state index contributed by atoms with van der Waals surface area (Å²) in [5.41, 5.74) is 6.81. The van der Waals surface area contributed by atoms with Crippen LogP contribution < -0.4 is 19.7 Å². The molecule has 3 aromatic carbocycles. The molecule has 4 rings (SSSR count). The molecule has 0 amide bonds. The van der Waals surface area contributed by atoms with E-state index in [0.717, 1.165) is 45.5 Å². The normalized spacial score (nSPS) is 13.9. The molecule has 1 aliphatic rings. The van der Waals surface area contributed by atoms with Crippen LogP contribution in [0.3, 0.4) is 0 Å². The molecule has 0 aromatic heterocycles. The van der Waals surface area contributed by atoms with Crippen LogP contribution in [-0.4, -0.2) is 19.3 Å². The molecule has 0 atom stereocenters. The number of fused-ring (bicyclic) bond motifs is 1. The van der Waals surface area contributed by atoms with Crippen molar-refractivity contribution in [2.24, 2.45) is 0 Å². The second kappa shape index (κ2) is 10.6. The maximum absolute atomic E-state index is 13.9. The molecule has 0 spiro atoms. The van der Waals surface area contributed by atoms with Gasteiger partial charge in [0.05, 0.1) is 19.3 Å². The molecule has 5 nitrogen and oxygen atoms in total. The Morgan fingerprint density at radius 1 is 0.944 bits per heavy atom. The number of hydrogen-bond acceptors (Lipinski definition) is 5. The van der Waals surface area contributed by atoms with E-state index in [-0.39, 0.29) is 18.0 Å². The standard InChI is InChI=1S/C30H34FNO4/c1-7-14-35-36-22-10-11-24(28(16-22)33-6)23-12-13-26-29(20(3)17-30(4,5)32-26)25(23)18-34-27-15-21(31)9-8-19(27)2/h8-13,15-17,32H,7,14,18H2,1-6H3. The number of rotatable bonds is 9. The Morgan fingerprint density at radius 3 is 2.47 bits per heavy atom. The van der Waals surface area contributed by atoms with Crippen LogP contribution in [0, 0.1) is 12.7 Å². The molecule has 36 heavy (non-hydrogen) atoms. The van der Waals surface area contributed by atoms with Crippen molar-refractivity contribution in [1.82, 2.24) is 0 Å². The van der Waals surface area contributed by atoms with Gasteiger partial charge in [0.1, 0.15) is 23.9 Å². The van der Waals surface area contributed by atoms with Crippen molar-refractivity contribution in [1.29, 1.82) is 0 Å². The lowest BCUT2D eigenvalue weighted by molar-refractivity contribution is -0.206. The van der Waals surface area contributed by atoms with Crippen molar-refractivity contribution in [3.8, 4) is 28.4 Å². The van der Waals surface area contributed by atoms with Gasteiger partial charge >= 0.3 is 0 Å². The Balaban J connectivity index is 1.80. The van der Waals surface area contributed by atoms with Crippen LogP contribution in [-0.2, 0) is 11.5 Å². The minimum atomic E-state index is -0.326. The second-order valence-electron chi connectivity index (χ2n) is 9.65. The van der Waals surface area contributed by atoms with Gasteiger partial charge in [0.2, 0.25) is 0 Å². The lowest BCUT2D eigenvalue weighted by Crippen LogP contribution is -2.32. The first-order chi connectivity index (χ1) is 17.2. The highest BCUT2D eigenvalue weighted by molar-refractivity contribution is 5.88. The SMILES string of the molecule is CCCOOc1ccc(-c2ccc3c(c2COc2cc(F)ccc2C)C(C)=CC(C)(C)N3)c(OC)c1. The van der Waals surface area contributed by atoms with Gasteiger partial charge in [0.15, 0.2) is 5.75 Å². The molecule has 1 N–H and O–H groups in total. The summed E-state index contributed by atoms with van der Waals surface area (Å²) in [6, 6.07) is 14.4. The predicted octanol–water partition coefficient (Wildman–Crippen LogP) is 7.72. The number of halogens is 1. The molecule has 0 bridgehead atoms. The molecular weight excluding hydrogens is 457 g/mol. The Bertz CT molecular complexity index is 1280. The minimum absolute atomic E-state index is 0.176. The van der Waals surface area contributed by atoms with Gasteiger partial charge in [-0.2, -0.15) is 4.89 Å². The van der Waals surface area contributed by atoms with Crippen LogP contribution in [0.2, 0.25) is 0 Å². The van der Waals surface area contributed by atoms with Gasteiger partial charge < -0.3 is 19.7 Å². The third-order valence-electron chi connectivity index (χ3n) is 6.17. The molecule has 0 saturated carbocycles. The third kappa shape index (κ3) is 5.49. The van der Waals surface area contributed by atoms with Gasteiger partial charge in [0, 0.05) is 34.5 Å². The van der Waals surface area contributed by atoms with E-state index in [1.165, 1.54) is 12.1 Å². The molecule has 0 radical (unpaired) electrons. The Kier molecular flexibility index (Phi) is 7.55. The summed E-state index contributed by atoms with van der Waals surface area (Å²) in [6.45, 7) is 11.1. The van der Waals surface area contributed by atoms with Crippen molar-refractivity contribution < 1.29 is 23.6 Å². The highest BCUT2D eigenvalue weighted by atomic mass is 19.1. The monoisotopic (exact) mass is 491 g/mol. The first-order valence-electron chi connectivity index (χ1n) is 12.2. The average Bonchev–Trinajstić information content (AvgIpc) is 2.83. The first-order valence-corrected chi connectivity index (χ1v) is 12.2. The zero-order valence-electron chi connectivity index (χ0n) is 21.8. The highest BCUT2D eigenvalue weighted by Gasteiger charge is 2.27. The average molecular weight is 492 g/mol. The molecular formula is C30H34FNO4. The fraction of sp³-hybridized carbons (Fsp3) is 0.333. The van der Waals surface area contributed by atoms with Crippen molar-refractivity contribution in [3.63, 3.8) is 0 Å². The highest BCUT2D eigenvalue weighted by Crippen LogP contribution is 2.43. The zero-order valence-corrected chi connectivity index (χ0v) is 21.8. The van der Waals surface area contributed by atoms with E-state index in [0.29, 0.717) is 23.9 Å².